The topological polar surface area (TPSA) is 30.5 Å². The van der Waals surface area contributed by atoms with Crippen molar-refractivity contribution in [2.45, 2.75) is 31.7 Å². The second kappa shape index (κ2) is 4.57. The summed E-state index contributed by atoms with van der Waals surface area (Å²) in [6, 6.07) is 6.76. The molecule has 17 heavy (non-hydrogen) atoms. The molecule has 0 aromatic heterocycles. The van der Waals surface area contributed by atoms with Gasteiger partial charge < -0.3 is 14.8 Å². The van der Waals surface area contributed by atoms with Gasteiger partial charge in [0.05, 0.1) is 0 Å². The van der Waals surface area contributed by atoms with Gasteiger partial charge in [-0.15, -0.1) is 0 Å². The van der Waals surface area contributed by atoms with Crippen molar-refractivity contribution in [3.8, 4) is 11.5 Å². The van der Waals surface area contributed by atoms with Crippen LogP contribution in [0, 0.1) is 5.92 Å². The summed E-state index contributed by atoms with van der Waals surface area (Å²) >= 11 is 0. The number of rotatable bonds is 3. The second-order valence-corrected chi connectivity index (χ2v) is 4.92. The van der Waals surface area contributed by atoms with Gasteiger partial charge in [-0.1, -0.05) is 18.9 Å². The molecule has 1 unspecified atom stereocenters. The fourth-order valence-electron chi connectivity index (χ4n) is 3.07. The predicted molar refractivity (Wildman–Crippen MR) is 66.3 cm³/mol. The third-order valence-corrected chi connectivity index (χ3v) is 3.94. The molecule has 1 N–H and O–H groups in total. The molecule has 0 bridgehead atoms. The zero-order valence-electron chi connectivity index (χ0n) is 10.2. The molecule has 0 radical (unpaired) electrons. The summed E-state index contributed by atoms with van der Waals surface area (Å²) in [5.41, 5.74) is 1.32. The highest BCUT2D eigenvalue weighted by Crippen LogP contribution is 2.39. The van der Waals surface area contributed by atoms with E-state index < -0.39 is 0 Å². The molecule has 1 heterocycles. The number of nitrogens with one attached hydrogen (secondary N) is 1. The van der Waals surface area contributed by atoms with Crippen LogP contribution in [0.1, 0.15) is 37.3 Å². The Hall–Kier alpha value is -1.22. The fourth-order valence-corrected chi connectivity index (χ4v) is 3.07. The van der Waals surface area contributed by atoms with Crippen molar-refractivity contribution in [1.82, 2.24) is 5.32 Å². The van der Waals surface area contributed by atoms with Crippen LogP contribution < -0.4 is 14.8 Å². The first-order valence-corrected chi connectivity index (χ1v) is 6.45. The van der Waals surface area contributed by atoms with Gasteiger partial charge in [-0.3, -0.25) is 0 Å². The predicted octanol–water partition coefficient (Wildman–Crippen LogP) is 2.87. The van der Waals surface area contributed by atoms with Gasteiger partial charge in [0.25, 0.3) is 0 Å². The average Bonchev–Trinajstić information content (AvgIpc) is 2.99. The van der Waals surface area contributed by atoms with E-state index in [0.717, 1.165) is 17.4 Å². The standard InChI is InChI=1S/C14H19NO2/c1-15-14(10-4-2-3-5-10)11-6-7-12-13(8-11)17-9-16-12/h6-8,10,14-15H,2-5,9H2,1H3. The van der Waals surface area contributed by atoms with Crippen LogP contribution in [0.5, 0.6) is 11.5 Å². The van der Waals surface area contributed by atoms with Crippen molar-refractivity contribution in [1.29, 1.82) is 0 Å². The van der Waals surface area contributed by atoms with Crippen LogP contribution in [-0.4, -0.2) is 13.8 Å². The fraction of sp³-hybridized carbons (Fsp3) is 0.571. The summed E-state index contributed by atoms with van der Waals surface area (Å²) < 4.78 is 10.8. The van der Waals surface area contributed by atoms with Crippen molar-refractivity contribution in [3.63, 3.8) is 0 Å². The highest BCUT2D eigenvalue weighted by Gasteiger charge is 2.26. The molecule has 1 atom stereocenters. The summed E-state index contributed by atoms with van der Waals surface area (Å²) in [6.07, 6.45) is 5.40. The third kappa shape index (κ3) is 2.00. The van der Waals surface area contributed by atoms with Crippen LogP contribution in [0.3, 0.4) is 0 Å². The van der Waals surface area contributed by atoms with Gasteiger partial charge in [-0.2, -0.15) is 0 Å². The minimum Gasteiger partial charge on any atom is -0.454 e. The van der Waals surface area contributed by atoms with Crippen molar-refractivity contribution in [3.05, 3.63) is 23.8 Å². The smallest absolute Gasteiger partial charge is 0.231 e. The molecular formula is C14H19NO2. The molecule has 2 aliphatic rings. The van der Waals surface area contributed by atoms with Gasteiger partial charge in [0.15, 0.2) is 11.5 Å². The molecule has 1 aromatic rings. The molecule has 92 valence electrons. The summed E-state index contributed by atoms with van der Waals surface area (Å²) in [5, 5.41) is 3.46. The normalized spacial score (nSPS) is 20.8. The van der Waals surface area contributed by atoms with Crippen LogP contribution in [0.4, 0.5) is 0 Å². The average molecular weight is 233 g/mol. The monoisotopic (exact) mass is 233 g/mol. The minimum absolute atomic E-state index is 0.354. The maximum atomic E-state index is 5.45. The Morgan fingerprint density at radius 1 is 1.18 bits per heavy atom. The van der Waals surface area contributed by atoms with Crippen LogP contribution >= 0.6 is 0 Å². The number of hydrogen-bond donors (Lipinski definition) is 1. The molecule has 1 fully saturated rings. The van der Waals surface area contributed by atoms with E-state index in [-0.39, 0.29) is 0 Å². The highest BCUT2D eigenvalue weighted by molar-refractivity contribution is 5.45. The van der Waals surface area contributed by atoms with Crippen molar-refractivity contribution < 1.29 is 9.47 Å². The van der Waals surface area contributed by atoms with Gasteiger partial charge in [0.1, 0.15) is 0 Å². The van der Waals surface area contributed by atoms with E-state index in [0.29, 0.717) is 12.8 Å². The second-order valence-electron chi connectivity index (χ2n) is 4.92. The molecule has 3 rings (SSSR count). The van der Waals surface area contributed by atoms with Gasteiger partial charge in [0, 0.05) is 6.04 Å². The summed E-state index contributed by atoms with van der Waals surface area (Å²) in [4.78, 5) is 0. The Bertz CT molecular complexity index is 399. The number of ether oxygens (including phenoxy) is 2. The number of hydrogen-bond acceptors (Lipinski definition) is 3. The van der Waals surface area contributed by atoms with Crippen molar-refractivity contribution in [2.24, 2.45) is 5.92 Å². The Morgan fingerprint density at radius 3 is 2.71 bits per heavy atom. The molecule has 0 amide bonds. The maximum Gasteiger partial charge on any atom is 0.231 e. The quantitative estimate of drug-likeness (QED) is 0.870. The van der Waals surface area contributed by atoms with Crippen molar-refractivity contribution >= 4 is 0 Å². The molecule has 1 saturated carbocycles. The summed E-state index contributed by atoms with van der Waals surface area (Å²) in [7, 11) is 2.05. The minimum atomic E-state index is 0.354. The Morgan fingerprint density at radius 2 is 1.94 bits per heavy atom. The lowest BCUT2D eigenvalue weighted by molar-refractivity contribution is 0.174. The Kier molecular flexibility index (Phi) is 2.93. The molecule has 1 aliphatic heterocycles. The molecule has 3 nitrogen and oxygen atoms in total. The Labute approximate surface area is 102 Å². The van der Waals surface area contributed by atoms with Crippen LogP contribution in [0.25, 0.3) is 0 Å². The van der Waals surface area contributed by atoms with Gasteiger partial charge in [-0.25, -0.2) is 0 Å². The maximum absolute atomic E-state index is 5.45. The van der Waals surface area contributed by atoms with Crippen LogP contribution in [0.15, 0.2) is 18.2 Å². The zero-order chi connectivity index (χ0) is 11.7. The number of fused-ring (bicyclic) bond motifs is 1. The van der Waals surface area contributed by atoms with E-state index in [4.69, 9.17) is 9.47 Å². The van der Waals surface area contributed by atoms with E-state index in [1.165, 1.54) is 31.2 Å². The van der Waals surface area contributed by atoms with E-state index in [9.17, 15) is 0 Å². The van der Waals surface area contributed by atoms with E-state index in [1.54, 1.807) is 0 Å². The summed E-state index contributed by atoms with van der Waals surface area (Å²) in [6.45, 7) is 0.354. The SMILES string of the molecule is CNC(c1ccc2c(c1)OCO2)C1CCCC1. The van der Waals surface area contributed by atoms with Gasteiger partial charge in [-0.05, 0) is 43.5 Å². The first-order valence-electron chi connectivity index (χ1n) is 6.45. The largest absolute Gasteiger partial charge is 0.454 e. The first kappa shape index (κ1) is 10.9. The molecule has 1 aliphatic carbocycles. The third-order valence-electron chi connectivity index (χ3n) is 3.94. The first-order chi connectivity index (χ1) is 8.38. The Balaban J connectivity index is 1.85. The zero-order valence-corrected chi connectivity index (χ0v) is 10.2. The molecule has 0 spiro atoms. The van der Waals surface area contributed by atoms with Gasteiger partial charge >= 0.3 is 0 Å². The lowest BCUT2D eigenvalue weighted by Gasteiger charge is -2.23. The van der Waals surface area contributed by atoms with E-state index >= 15 is 0 Å². The lowest BCUT2D eigenvalue weighted by Crippen LogP contribution is -2.23. The molecule has 3 heteroatoms. The molecular weight excluding hydrogens is 214 g/mol. The van der Waals surface area contributed by atoms with Gasteiger partial charge in [0.2, 0.25) is 6.79 Å². The van der Waals surface area contributed by atoms with E-state index in [1.807, 2.05) is 13.1 Å². The van der Waals surface area contributed by atoms with Crippen molar-refractivity contribution in [2.75, 3.05) is 13.8 Å². The summed E-state index contributed by atoms with van der Waals surface area (Å²) in [5.74, 6) is 2.52. The van der Waals surface area contributed by atoms with Crippen LogP contribution in [0.2, 0.25) is 0 Å². The number of benzene rings is 1. The van der Waals surface area contributed by atoms with Crippen LogP contribution in [-0.2, 0) is 0 Å². The molecule has 0 saturated heterocycles. The molecule has 1 aromatic carbocycles. The highest BCUT2D eigenvalue weighted by atomic mass is 16.7. The lowest BCUT2D eigenvalue weighted by atomic mass is 9.91. The van der Waals surface area contributed by atoms with E-state index in [2.05, 4.69) is 17.4 Å².